The van der Waals surface area contributed by atoms with Crippen molar-refractivity contribution in [2.45, 2.75) is 25.5 Å². The Morgan fingerprint density at radius 3 is 3.06 bits per heavy atom. The van der Waals surface area contributed by atoms with E-state index in [-0.39, 0.29) is 12.1 Å². The van der Waals surface area contributed by atoms with E-state index in [4.69, 9.17) is 9.84 Å². The fourth-order valence-corrected chi connectivity index (χ4v) is 2.08. The summed E-state index contributed by atoms with van der Waals surface area (Å²) in [5.74, 6) is -1.37. The second kappa shape index (κ2) is 4.34. The van der Waals surface area contributed by atoms with Gasteiger partial charge in [-0.15, -0.1) is 0 Å². The highest BCUT2D eigenvalue weighted by Crippen LogP contribution is 2.25. The zero-order valence-corrected chi connectivity index (χ0v) is 9.61. The van der Waals surface area contributed by atoms with Crippen LogP contribution in [-0.4, -0.2) is 37.2 Å². The molecule has 1 atom stereocenters. The predicted molar refractivity (Wildman–Crippen MR) is 61.1 cm³/mol. The van der Waals surface area contributed by atoms with Crippen LogP contribution in [0.25, 0.3) is 11.2 Å². The summed E-state index contributed by atoms with van der Waals surface area (Å²) in [6, 6.07) is 0. The third kappa shape index (κ3) is 1.82. The van der Waals surface area contributed by atoms with E-state index >= 15 is 0 Å². The van der Waals surface area contributed by atoms with Gasteiger partial charge < -0.3 is 9.84 Å². The summed E-state index contributed by atoms with van der Waals surface area (Å²) in [7, 11) is 0. The van der Waals surface area contributed by atoms with E-state index in [0.29, 0.717) is 17.8 Å². The van der Waals surface area contributed by atoms with Crippen LogP contribution in [0.1, 0.15) is 36.1 Å². The highest BCUT2D eigenvalue weighted by molar-refractivity contribution is 5.85. The van der Waals surface area contributed by atoms with Gasteiger partial charge in [0.15, 0.2) is 5.65 Å². The van der Waals surface area contributed by atoms with Crippen molar-refractivity contribution >= 4 is 17.1 Å². The van der Waals surface area contributed by atoms with Crippen LogP contribution in [0.2, 0.25) is 0 Å². The Kier molecular flexibility index (Phi) is 2.67. The van der Waals surface area contributed by atoms with Crippen LogP contribution in [0.4, 0.5) is 0 Å². The van der Waals surface area contributed by atoms with E-state index in [2.05, 4.69) is 15.0 Å². The van der Waals surface area contributed by atoms with Crippen LogP contribution in [0.15, 0.2) is 12.5 Å². The normalized spacial score (nSPS) is 20.1. The lowest BCUT2D eigenvalue weighted by atomic mass is 10.2. The van der Waals surface area contributed by atoms with Crippen LogP contribution in [0.3, 0.4) is 0 Å². The van der Waals surface area contributed by atoms with E-state index in [1.54, 1.807) is 10.9 Å². The molecule has 7 heteroatoms. The molecule has 1 aliphatic rings. The largest absolute Gasteiger partial charge is 0.475 e. The van der Waals surface area contributed by atoms with Crippen LogP contribution >= 0.6 is 0 Å². The number of aromatic nitrogens is 4. The smallest absolute Gasteiger partial charge is 0.374 e. The second-order valence-electron chi connectivity index (χ2n) is 4.18. The molecule has 0 radical (unpaired) electrons. The van der Waals surface area contributed by atoms with Gasteiger partial charge in [-0.3, -0.25) is 4.57 Å². The molecule has 0 aliphatic carbocycles. The highest BCUT2D eigenvalue weighted by Gasteiger charge is 2.19. The van der Waals surface area contributed by atoms with Gasteiger partial charge in [0, 0.05) is 6.61 Å². The lowest BCUT2D eigenvalue weighted by Crippen LogP contribution is -2.18. The van der Waals surface area contributed by atoms with Gasteiger partial charge in [-0.25, -0.2) is 19.7 Å². The molecule has 7 nitrogen and oxygen atoms in total. The molecule has 3 heterocycles. The number of hydrogen-bond acceptors (Lipinski definition) is 5. The quantitative estimate of drug-likeness (QED) is 0.859. The number of carboxylic acid groups (broad SMARTS) is 1. The Balaban J connectivity index is 2.05. The van der Waals surface area contributed by atoms with Crippen molar-refractivity contribution < 1.29 is 14.6 Å². The number of carbonyl (C=O) groups is 1. The van der Waals surface area contributed by atoms with Crippen molar-refractivity contribution in [1.29, 1.82) is 0 Å². The van der Waals surface area contributed by atoms with Crippen molar-refractivity contribution in [3.8, 4) is 0 Å². The summed E-state index contributed by atoms with van der Waals surface area (Å²) in [5, 5.41) is 8.90. The molecular formula is C11H12N4O3. The van der Waals surface area contributed by atoms with Crippen LogP contribution in [0.5, 0.6) is 0 Å². The SMILES string of the molecule is O=C(O)c1ncc2ncn(C3CCCCO3)c2n1. The molecule has 1 fully saturated rings. The lowest BCUT2D eigenvalue weighted by Gasteiger charge is -2.23. The number of carboxylic acids is 1. The summed E-state index contributed by atoms with van der Waals surface area (Å²) >= 11 is 0. The molecule has 18 heavy (non-hydrogen) atoms. The van der Waals surface area contributed by atoms with Gasteiger partial charge in [0.25, 0.3) is 0 Å². The van der Waals surface area contributed by atoms with Gasteiger partial charge in [-0.1, -0.05) is 0 Å². The molecule has 1 saturated heterocycles. The van der Waals surface area contributed by atoms with Gasteiger partial charge in [-0.05, 0) is 19.3 Å². The molecular weight excluding hydrogens is 236 g/mol. The molecule has 1 unspecified atom stereocenters. The van der Waals surface area contributed by atoms with Gasteiger partial charge in [0.2, 0.25) is 5.82 Å². The minimum Gasteiger partial charge on any atom is -0.475 e. The number of fused-ring (bicyclic) bond motifs is 1. The minimum absolute atomic E-state index is 0.111. The predicted octanol–water partition coefficient (Wildman–Crippen LogP) is 1.22. The number of imidazole rings is 1. The molecule has 1 aliphatic heterocycles. The first kappa shape index (κ1) is 11.1. The molecule has 1 N–H and O–H groups in total. The third-order valence-electron chi connectivity index (χ3n) is 2.97. The maximum atomic E-state index is 10.9. The molecule has 0 spiro atoms. The Morgan fingerprint density at radius 2 is 2.33 bits per heavy atom. The van der Waals surface area contributed by atoms with Crippen molar-refractivity contribution in [1.82, 2.24) is 19.5 Å². The van der Waals surface area contributed by atoms with Gasteiger partial charge in [0.05, 0.1) is 12.5 Å². The Labute approximate surface area is 102 Å². The van der Waals surface area contributed by atoms with Crippen LogP contribution in [-0.2, 0) is 4.74 Å². The molecule has 2 aromatic rings. The minimum atomic E-state index is -1.14. The molecule has 94 valence electrons. The number of rotatable bonds is 2. The lowest BCUT2D eigenvalue weighted by molar-refractivity contribution is -0.0298. The first-order valence-corrected chi connectivity index (χ1v) is 5.80. The summed E-state index contributed by atoms with van der Waals surface area (Å²) < 4.78 is 7.43. The number of hydrogen-bond donors (Lipinski definition) is 1. The summed E-state index contributed by atoms with van der Waals surface area (Å²) in [6.45, 7) is 0.710. The van der Waals surface area contributed by atoms with Crippen LogP contribution < -0.4 is 0 Å². The summed E-state index contributed by atoms with van der Waals surface area (Å²) in [6.07, 6.45) is 5.96. The van der Waals surface area contributed by atoms with Gasteiger partial charge >= 0.3 is 5.97 Å². The maximum Gasteiger partial charge on any atom is 0.374 e. The third-order valence-corrected chi connectivity index (χ3v) is 2.97. The molecule has 2 aromatic heterocycles. The van der Waals surface area contributed by atoms with E-state index in [1.165, 1.54) is 6.20 Å². The Bertz CT molecular complexity index is 589. The Morgan fingerprint density at radius 1 is 1.44 bits per heavy atom. The maximum absolute atomic E-state index is 10.9. The number of ether oxygens (including phenoxy) is 1. The van der Waals surface area contributed by atoms with E-state index < -0.39 is 5.97 Å². The topological polar surface area (TPSA) is 90.1 Å². The van der Waals surface area contributed by atoms with Crippen molar-refractivity contribution in [3.63, 3.8) is 0 Å². The van der Waals surface area contributed by atoms with E-state index in [1.807, 2.05) is 0 Å². The van der Waals surface area contributed by atoms with Gasteiger partial charge in [-0.2, -0.15) is 0 Å². The molecule has 0 bridgehead atoms. The molecule has 3 rings (SSSR count). The molecule has 0 saturated carbocycles. The first-order chi connectivity index (χ1) is 8.75. The number of aromatic carboxylic acids is 1. The van der Waals surface area contributed by atoms with Crippen molar-refractivity contribution in [2.75, 3.05) is 6.61 Å². The van der Waals surface area contributed by atoms with Crippen molar-refractivity contribution in [3.05, 3.63) is 18.3 Å². The monoisotopic (exact) mass is 248 g/mol. The first-order valence-electron chi connectivity index (χ1n) is 5.80. The number of nitrogens with zero attached hydrogens (tertiary/aromatic N) is 4. The van der Waals surface area contributed by atoms with Gasteiger partial charge in [0.1, 0.15) is 11.7 Å². The zero-order chi connectivity index (χ0) is 12.5. The standard InChI is InChI=1S/C11H12N4O3/c16-11(17)9-12-5-7-10(14-9)15(6-13-7)8-3-1-2-4-18-8/h5-6,8H,1-4H2,(H,16,17). The highest BCUT2D eigenvalue weighted by atomic mass is 16.5. The fourth-order valence-electron chi connectivity index (χ4n) is 2.08. The Hall–Kier alpha value is -2.02. The van der Waals surface area contributed by atoms with Crippen molar-refractivity contribution in [2.24, 2.45) is 0 Å². The second-order valence-corrected chi connectivity index (χ2v) is 4.18. The molecule has 0 aromatic carbocycles. The fraction of sp³-hybridized carbons (Fsp3) is 0.455. The van der Waals surface area contributed by atoms with E-state index in [0.717, 1.165) is 19.3 Å². The summed E-state index contributed by atoms with van der Waals surface area (Å²) in [5.41, 5.74) is 1.09. The average molecular weight is 248 g/mol. The van der Waals surface area contributed by atoms with Crippen LogP contribution in [0, 0.1) is 0 Å². The summed E-state index contributed by atoms with van der Waals surface area (Å²) in [4.78, 5) is 22.8. The average Bonchev–Trinajstić information content (AvgIpc) is 2.82. The van der Waals surface area contributed by atoms with E-state index in [9.17, 15) is 4.79 Å². The molecule has 0 amide bonds. The zero-order valence-electron chi connectivity index (χ0n) is 9.61.